The van der Waals surface area contributed by atoms with Gasteiger partial charge in [-0.1, -0.05) is 31.2 Å². The highest BCUT2D eigenvalue weighted by Crippen LogP contribution is 2.33. The Morgan fingerprint density at radius 2 is 1.88 bits per heavy atom. The van der Waals surface area contributed by atoms with Crippen LogP contribution in [0.4, 0.5) is 18.9 Å². The average Bonchev–Trinajstić information content (AvgIpc) is 3.08. The van der Waals surface area contributed by atoms with Gasteiger partial charge in [0.05, 0.1) is 17.2 Å². The number of carbonyl (C=O) groups excluding carboxylic acids is 3. The van der Waals surface area contributed by atoms with E-state index in [4.69, 9.17) is 0 Å². The molecule has 0 saturated heterocycles. The summed E-state index contributed by atoms with van der Waals surface area (Å²) in [6.07, 6.45) is -3.42. The third kappa shape index (κ3) is 5.32. The zero-order chi connectivity index (χ0) is 24.3. The molecule has 0 bridgehead atoms. The number of fused-ring (bicyclic) bond motifs is 1. The van der Waals surface area contributed by atoms with Crippen LogP contribution in [0.2, 0.25) is 0 Å². The molecule has 0 aromatic heterocycles. The molecule has 3 rings (SSSR count). The van der Waals surface area contributed by atoms with Crippen molar-refractivity contribution in [3.05, 3.63) is 76.9 Å². The number of benzene rings is 2. The number of anilines is 1. The molecule has 0 radical (unpaired) electrons. The fourth-order valence-corrected chi connectivity index (χ4v) is 3.94. The van der Waals surface area contributed by atoms with Crippen molar-refractivity contribution >= 4 is 23.3 Å². The summed E-state index contributed by atoms with van der Waals surface area (Å²) >= 11 is 0. The summed E-state index contributed by atoms with van der Waals surface area (Å²) in [7, 11) is 0. The van der Waals surface area contributed by atoms with Crippen molar-refractivity contribution in [3.63, 3.8) is 0 Å². The maximum Gasteiger partial charge on any atom is 0.417 e. The van der Waals surface area contributed by atoms with Crippen molar-refractivity contribution in [2.75, 3.05) is 5.32 Å². The Bertz CT molecular complexity index is 1110. The quantitative estimate of drug-likeness (QED) is 0.523. The summed E-state index contributed by atoms with van der Waals surface area (Å²) in [5.41, 5.74) is 0.657. The summed E-state index contributed by atoms with van der Waals surface area (Å²) in [5, 5.41) is 2.50. The van der Waals surface area contributed by atoms with Gasteiger partial charge in [0.15, 0.2) is 0 Å². The number of rotatable bonds is 8. The van der Waals surface area contributed by atoms with E-state index in [0.717, 1.165) is 17.7 Å². The molecule has 0 fully saturated rings. The number of carbonyl (C=O) groups is 3. The van der Waals surface area contributed by atoms with Crippen LogP contribution in [-0.2, 0) is 17.5 Å². The van der Waals surface area contributed by atoms with E-state index in [-0.39, 0.29) is 24.3 Å². The molecule has 0 aliphatic carbocycles. The molecule has 2 aromatic rings. The van der Waals surface area contributed by atoms with Gasteiger partial charge in [-0.3, -0.25) is 14.4 Å². The summed E-state index contributed by atoms with van der Waals surface area (Å²) < 4.78 is 39.7. The van der Waals surface area contributed by atoms with Gasteiger partial charge in [0.1, 0.15) is 5.78 Å². The van der Waals surface area contributed by atoms with Crippen molar-refractivity contribution in [1.29, 1.82) is 0 Å². The Kier molecular flexibility index (Phi) is 7.05. The number of nitrogens with one attached hydrogen (secondary N) is 1. The summed E-state index contributed by atoms with van der Waals surface area (Å²) in [5.74, 6) is -0.987. The van der Waals surface area contributed by atoms with Gasteiger partial charge < -0.3 is 10.2 Å². The van der Waals surface area contributed by atoms with Gasteiger partial charge in [0.2, 0.25) is 0 Å². The lowest BCUT2D eigenvalue weighted by Crippen LogP contribution is -2.36. The number of amides is 2. The molecule has 8 heteroatoms. The molecule has 0 spiro atoms. The fourth-order valence-electron chi connectivity index (χ4n) is 3.94. The van der Waals surface area contributed by atoms with Gasteiger partial charge in [0.25, 0.3) is 11.8 Å². The highest BCUT2D eigenvalue weighted by molar-refractivity contribution is 6.06. The second-order valence-electron chi connectivity index (χ2n) is 8.10. The first-order valence-electron chi connectivity index (χ1n) is 10.6. The SMILES string of the molecule is C=C(C)C(CCC(=O)CC)N1Cc2cc(NC(=O)c3ccccc3C(F)(F)F)ccc2C1=O. The maximum absolute atomic E-state index is 13.2. The van der Waals surface area contributed by atoms with E-state index in [1.165, 1.54) is 18.2 Å². The van der Waals surface area contributed by atoms with Crippen LogP contribution in [0.3, 0.4) is 0 Å². The van der Waals surface area contributed by atoms with Crippen molar-refractivity contribution < 1.29 is 27.6 Å². The van der Waals surface area contributed by atoms with Crippen LogP contribution < -0.4 is 5.32 Å². The molecule has 5 nitrogen and oxygen atoms in total. The Hall–Kier alpha value is -3.42. The maximum atomic E-state index is 13.2. The standard InChI is InChI=1S/C25H25F3N2O3/c1-4-18(31)10-12-22(15(2)3)30-14-16-13-17(9-11-19(16)24(30)33)29-23(32)20-7-5-6-8-21(20)25(26,27)28/h5-9,11,13,22H,2,4,10,12,14H2,1,3H3,(H,29,32). The number of alkyl halides is 3. The summed E-state index contributed by atoms with van der Waals surface area (Å²) in [4.78, 5) is 38.9. The molecular weight excluding hydrogens is 433 g/mol. The van der Waals surface area contributed by atoms with E-state index < -0.39 is 23.2 Å². The Balaban J connectivity index is 1.79. The van der Waals surface area contributed by atoms with Crippen LogP contribution >= 0.6 is 0 Å². The van der Waals surface area contributed by atoms with E-state index in [9.17, 15) is 27.6 Å². The van der Waals surface area contributed by atoms with Crippen LogP contribution in [0.25, 0.3) is 0 Å². The lowest BCUT2D eigenvalue weighted by molar-refractivity contribution is -0.137. The van der Waals surface area contributed by atoms with Crippen LogP contribution in [0, 0.1) is 0 Å². The molecule has 1 aliphatic heterocycles. The zero-order valence-electron chi connectivity index (χ0n) is 18.5. The van der Waals surface area contributed by atoms with E-state index in [0.29, 0.717) is 36.1 Å². The molecule has 1 atom stereocenters. The second kappa shape index (κ2) is 9.60. The molecule has 0 saturated carbocycles. The Morgan fingerprint density at radius 1 is 1.18 bits per heavy atom. The normalized spacial score (nSPS) is 14.1. The zero-order valence-corrected chi connectivity index (χ0v) is 18.5. The minimum Gasteiger partial charge on any atom is -0.328 e. The number of halogens is 3. The molecule has 1 heterocycles. The molecule has 33 heavy (non-hydrogen) atoms. The highest BCUT2D eigenvalue weighted by Gasteiger charge is 2.36. The molecule has 2 amide bonds. The first kappa shape index (κ1) is 24.2. The molecule has 1 N–H and O–H groups in total. The number of hydrogen-bond acceptors (Lipinski definition) is 3. The first-order chi connectivity index (χ1) is 15.5. The minimum atomic E-state index is -4.66. The van der Waals surface area contributed by atoms with E-state index in [1.807, 2.05) is 0 Å². The topological polar surface area (TPSA) is 66.5 Å². The van der Waals surface area contributed by atoms with Crippen LogP contribution in [0.1, 0.15) is 65.0 Å². The lowest BCUT2D eigenvalue weighted by atomic mass is 10.0. The fraction of sp³-hybridized carbons (Fsp3) is 0.320. The first-order valence-corrected chi connectivity index (χ1v) is 10.6. The smallest absolute Gasteiger partial charge is 0.328 e. The number of hydrogen-bond donors (Lipinski definition) is 1. The average molecular weight is 458 g/mol. The number of nitrogens with zero attached hydrogens (tertiary/aromatic N) is 1. The third-order valence-corrected chi connectivity index (χ3v) is 5.71. The van der Waals surface area contributed by atoms with Gasteiger partial charge >= 0.3 is 6.18 Å². The highest BCUT2D eigenvalue weighted by atomic mass is 19.4. The minimum absolute atomic E-state index is 0.106. The van der Waals surface area contributed by atoms with Crippen LogP contribution in [0.5, 0.6) is 0 Å². The Labute approximate surface area is 190 Å². The van der Waals surface area contributed by atoms with E-state index >= 15 is 0 Å². The molecule has 2 aromatic carbocycles. The monoisotopic (exact) mass is 458 g/mol. The number of ketones is 1. The van der Waals surface area contributed by atoms with Crippen molar-refractivity contribution in [2.45, 2.75) is 51.9 Å². The van der Waals surface area contributed by atoms with Crippen molar-refractivity contribution in [3.8, 4) is 0 Å². The predicted octanol–water partition coefficient (Wildman–Crippen LogP) is 5.62. The van der Waals surface area contributed by atoms with Gasteiger partial charge in [0, 0.05) is 30.6 Å². The van der Waals surface area contributed by atoms with Gasteiger partial charge in [-0.2, -0.15) is 13.2 Å². The third-order valence-electron chi connectivity index (χ3n) is 5.71. The Morgan fingerprint density at radius 3 is 2.52 bits per heavy atom. The van der Waals surface area contributed by atoms with Gasteiger partial charge in [-0.05, 0) is 49.2 Å². The van der Waals surface area contributed by atoms with Crippen LogP contribution in [-0.4, -0.2) is 28.5 Å². The number of Topliss-reactive ketones (excluding diaryl/α,β-unsaturated/α-hetero) is 1. The van der Waals surface area contributed by atoms with E-state index in [1.54, 1.807) is 30.9 Å². The van der Waals surface area contributed by atoms with Gasteiger partial charge in [-0.15, -0.1) is 0 Å². The van der Waals surface area contributed by atoms with Crippen molar-refractivity contribution in [2.24, 2.45) is 0 Å². The predicted molar refractivity (Wildman–Crippen MR) is 119 cm³/mol. The summed E-state index contributed by atoms with van der Waals surface area (Å²) in [6, 6.07) is 8.89. The molecule has 1 aliphatic rings. The molecule has 174 valence electrons. The lowest BCUT2D eigenvalue weighted by Gasteiger charge is -2.28. The summed E-state index contributed by atoms with van der Waals surface area (Å²) in [6.45, 7) is 7.82. The second-order valence-corrected chi connectivity index (χ2v) is 8.10. The van der Waals surface area contributed by atoms with E-state index in [2.05, 4.69) is 11.9 Å². The largest absolute Gasteiger partial charge is 0.417 e. The van der Waals surface area contributed by atoms with Crippen LogP contribution in [0.15, 0.2) is 54.6 Å². The van der Waals surface area contributed by atoms with Crippen molar-refractivity contribution in [1.82, 2.24) is 4.90 Å². The molecule has 1 unspecified atom stereocenters. The molecular formula is C25H25F3N2O3. The van der Waals surface area contributed by atoms with Gasteiger partial charge in [-0.25, -0.2) is 0 Å².